The van der Waals surface area contributed by atoms with Crippen LogP contribution in [-0.4, -0.2) is 11.7 Å². The van der Waals surface area contributed by atoms with Crippen molar-refractivity contribution in [3.05, 3.63) is 35.4 Å². The Morgan fingerprint density at radius 1 is 1.21 bits per heavy atom. The lowest BCUT2D eigenvalue weighted by Crippen LogP contribution is -2.29. The van der Waals surface area contributed by atoms with Gasteiger partial charge in [0.15, 0.2) is 11.6 Å². The van der Waals surface area contributed by atoms with Crippen molar-refractivity contribution >= 4 is 5.78 Å². The molecule has 0 aliphatic heterocycles. The molecule has 0 heterocycles. The lowest BCUT2D eigenvalue weighted by atomic mass is 9.82. The predicted molar refractivity (Wildman–Crippen MR) is 62.0 cm³/mol. The third-order valence-electron chi connectivity index (χ3n) is 3.57. The number of halogens is 4. The summed E-state index contributed by atoms with van der Waals surface area (Å²) in [4.78, 5) is 11.9. The Labute approximate surface area is 108 Å². The van der Waals surface area contributed by atoms with Gasteiger partial charge in [-0.2, -0.15) is 0 Å². The molecule has 1 aromatic rings. The molecule has 0 bridgehead atoms. The van der Waals surface area contributed by atoms with E-state index in [1.54, 1.807) is 0 Å². The number of rotatable bonds is 3. The summed E-state index contributed by atoms with van der Waals surface area (Å²) in [5.41, 5.74) is -0.0117. The maximum atomic E-state index is 13.4. The van der Waals surface area contributed by atoms with Gasteiger partial charge in [-0.15, -0.1) is 0 Å². The molecule has 0 saturated heterocycles. The summed E-state index contributed by atoms with van der Waals surface area (Å²) in [6.45, 7) is 0. The largest absolute Gasteiger partial charge is 0.299 e. The summed E-state index contributed by atoms with van der Waals surface area (Å²) >= 11 is 0. The van der Waals surface area contributed by atoms with E-state index in [9.17, 15) is 22.4 Å². The first-order valence-electron chi connectivity index (χ1n) is 6.22. The van der Waals surface area contributed by atoms with Crippen molar-refractivity contribution in [1.82, 2.24) is 0 Å². The van der Waals surface area contributed by atoms with Gasteiger partial charge in [0.05, 0.1) is 0 Å². The van der Waals surface area contributed by atoms with Crippen LogP contribution >= 0.6 is 0 Å². The molecule has 0 N–H and O–H groups in total. The van der Waals surface area contributed by atoms with Gasteiger partial charge < -0.3 is 0 Å². The molecule has 0 radical (unpaired) electrons. The zero-order valence-electron chi connectivity index (χ0n) is 10.3. The van der Waals surface area contributed by atoms with E-state index in [0.29, 0.717) is 0 Å². The highest BCUT2D eigenvalue weighted by atomic mass is 19.3. The summed E-state index contributed by atoms with van der Waals surface area (Å²) in [5.74, 6) is -5.49. The van der Waals surface area contributed by atoms with Crippen LogP contribution in [0.5, 0.6) is 0 Å². The first kappa shape index (κ1) is 14.0. The summed E-state index contributed by atoms with van der Waals surface area (Å²) in [6, 6.07) is 3.65. The Balaban J connectivity index is 2.00. The van der Waals surface area contributed by atoms with Crippen LogP contribution in [0.25, 0.3) is 0 Å². The van der Waals surface area contributed by atoms with Crippen molar-refractivity contribution in [2.24, 2.45) is 5.92 Å². The van der Waals surface area contributed by atoms with Crippen molar-refractivity contribution < 1.29 is 22.4 Å². The second kappa shape index (κ2) is 5.31. The summed E-state index contributed by atoms with van der Waals surface area (Å²) in [6.07, 6.45) is -0.630. The van der Waals surface area contributed by atoms with Crippen LogP contribution in [0.1, 0.15) is 31.2 Å². The van der Waals surface area contributed by atoms with Crippen molar-refractivity contribution in [1.29, 1.82) is 0 Å². The fraction of sp³-hybridized carbons (Fsp3) is 0.500. The summed E-state index contributed by atoms with van der Waals surface area (Å²) in [5, 5.41) is 0. The Morgan fingerprint density at radius 2 is 1.84 bits per heavy atom. The number of alkyl halides is 2. The van der Waals surface area contributed by atoms with Gasteiger partial charge in [-0.3, -0.25) is 4.79 Å². The van der Waals surface area contributed by atoms with Gasteiger partial charge in [0.25, 0.3) is 0 Å². The lowest BCUT2D eigenvalue weighted by Gasteiger charge is -2.27. The molecule has 0 spiro atoms. The fourth-order valence-corrected chi connectivity index (χ4v) is 2.38. The average molecular weight is 274 g/mol. The van der Waals surface area contributed by atoms with Crippen LogP contribution < -0.4 is 0 Å². The Hall–Kier alpha value is -1.39. The molecule has 1 aromatic carbocycles. The molecule has 0 atom stereocenters. The number of hydrogen-bond acceptors (Lipinski definition) is 1. The van der Waals surface area contributed by atoms with Crippen LogP contribution in [0.4, 0.5) is 17.6 Å². The molecular formula is C14H14F4O. The fourth-order valence-electron chi connectivity index (χ4n) is 2.38. The number of hydrogen-bond donors (Lipinski definition) is 0. The Bertz CT molecular complexity index is 474. The van der Waals surface area contributed by atoms with Gasteiger partial charge in [-0.05, 0) is 24.5 Å². The minimum atomic E-state index is -2.69. The van der Waals surface area contributed by atoms with E-state index in [1.165, 1.54) is 12.1 Å². The van der Waals surface area contributed by atoms with Gasteiger partial charge in [-0.25, -0.2) is 17.6 Å². The minimum absolute atomic E-state index is 0.0117. The van der Waals surface area contributed by atoms with Crippen molar-refractivity contribution in [2.75, 3.05) is 0 Å². The predicted octanol–water partition coefficient (Wildman–Crippen LogP) is 3.90. The van der Waals surface area contributed by atoms with Crippen LogP contribution in [0.2, 0.25) is 0 Å². The number of ketones is 1. The topological polar surface area (TPSA) is 17.1 Å². The lowest BCUT2D eigenvalue weighted by molar-refractivity contribution is -0.126. The van der Waals surface area contributed by atoms with Crippen LogP contribution in [-0.2, 0) is 11.2 Å². The van der Waals surface area contributed by atoms with E-state index in [-0.39, 0.29) is 43.5 Å². The third kappa shape index (κ3) is 3.33. The second-order valence-electron chi connectivity index (χ2n) is 4.99. The number of Topliss-reactive ketones (excluding diaryl/α,β-unsaturated/α-hetero) is 1. The van der Waals surface area contributed by atoms with Crippen LogP contribution in [0.3, 0.4) is 0 Å². The molecule has 1 aliphatic rings. The number of carbonyl (C=O) groups excluding carboxylic acids is 1. The molecule has 5 heteroatoms. The monoisotopic (exact) mass is 274 g/mol. The Morgan fingerprint density at radius 3 is 2.47 bits per heavy atom. The number of carbonyl (C=O) groups is 1. The smallest absolute Gasteiger partial charge is 0.248 e. The van der Waals surface area contributed by atoms with Gasteiger partial charge in [0.1, 0.15) is 5.78 Å². The first-order valence-corrected chi connectivity index (χ1v) is 6.22. The average Bonchev–Trinajstić information content (AvgIpc) is 2.35. The standard InChI is InChI=1S/C14H14F4O/c15-11-3-1-2-10(13(11)16)8-12(19)9-4-6-14(17,18)7-5-9/h1-3,9H,4-8H2. The van der Waals surface area contributed by atoms with E-state index in [0.717, 1.165) is 6.07 Å². The molecule has 0 aromatic heterocycles. The van der Waals surface area contributed by atoms with Crippen molar-refractivity contribution in [2.45, 2.75) is 38.0 Å². The first-order chi connectivity index (χ1) is 8.89. The van der Waals surface area contributed by atoms with Crippen LogP contribution in [0.15, 0.2) is 18.2 Å². The number of benzene rings is 1. The highest BCUT2D eigenvalue weighted by Crippen LogP contribution is 2.36. The van der Waals surface area contributed by atoms with E-state index < -0.39 is 23.5 Å². The maximum absolute atomic E-state index is 13.4. The maximum Gasteiger partial charge on any atom is 0.248 e. The highest BCUT2D eigenvalue weighted by Gasteiger charge is 2.37. The molecular weight excluding hydrogens is 260 g/mol. The van der Waals surface area contributed by atoms with Gasteiger partial charge in [0, 0.05) is 25.2 Å². The van der Waals surface area contributed by atoms with E-state index in [2.05, 4.69) is 0 Å². The molecule has 1 nitrogen and oxygen atoms in total. The summed E-state index contributed by atoms with van der Waals surface area (Å²) < 4.78 is 52.3. The molecule has 2 rings (SSSR count). The zero-order valence-corrected chi connectivity index (χ0v) is 10.3. The zero-order chi connectivity index (χ0) is 14.0. The molecule has 1 aliphatic carbocycles. The third-order valence-corrected chi connectivity index (χ3v) is 3.57. The molecule has 0 unspecified atom stereocenters. The molecule has 0 amide bonds. The molecule has 19 heavy (non-hydrogen) atoms. The SMILES string of the molecule is O=C(Cc1cccc(F)c1F)C1CCC(F)(F)CC1. The minimum Gasteiger partial charge on any atom is -0.299 e. The van der Waals surface area contributed by atoms with Gasteiger partial charge >= 0.3 is 0 Å². The van der Waals surface area contributed by atoms with Crippen LogP contribution in [0, 0.1) is 17.6 Å². The normalized spacial score (nSPS) is 19.4. The molecule has 104 valence electrons. The Kier molecular flexibility index (Phi) is 3.92. The summed E-state index contributed by atoms with van der Waals surface area (Å²) in [7, 11) is 0. The van der Waals surface area contributed by atoms with Crippen molar-refractivity contribution in [3.8, 4) is 0 Å². The van der Waals surface area contributed by atoms with E-state index >= 15 is 0 Å². The van der Waals surface area contributed by atoms with Gasteiger partial charge in [0.2, 0.25) is 5.92 Å². The van der Waals surface area contributed by atoms with E-state index in [1.807, 2.05) is 0 Å². The highest BCUT2D eigenvalue weighted by molar-refractivity contribution is 5.83. The second-order valence-corrected chi connectivity index (χ2v) is 4.99. The van der Waals surface area contributed by atoms with Gasteiger partial charge in [-0.1, -0.05) is 12.1 Å². The quantitative estimate of drug-likeness (QED) is 0.764. The molecule has 1 saturated carbocycles. The van der Waals surface area contributed by atoms with Crippen molar-refractivity contribution in [3.63, 3.8) is 0 Å². The molecule has 1 fully saturated rings. The van der Waals surface area contributed by atoms with E-state index in [4.69, 9.17) is 0 Å².